The summed E-state index contributed by atoms with van der Waals surface area (Å²) in [5.74, 6) is 0. The highest BCUT2D eigenvalue weighted by Crippen LogP contribution is 2.33. The second-order valence-corrected chi connectivity index (χ2v) is 5.96. The summed E-state index contributed by atoms with van der Waals surface area (Å²) in [7, 11) is 0. The van der Waals surface area contributed by atoms with E-state index >= 15 is 0 Å². The highest BCUT2D eigenvalue weighted by molar-refractivity contribution is 6.70. The van der Waals surface area contributed by atoms with E-state index in [4.69, 9.17) is 23.2 Å². The van der Waals surface area contributed by atoms with E-state index < -0.39 is 10.1 Å². The minimum absolute atomic E-state index is 0.146. The second kappa shape index (κ2) is 3.99. The molecule has 1 heterocycles. The molecule has 2 nitrogen and oxygen atoms in total. The minimum atomic E-state index is -0.816. The van der Waals surface area contributed by atoms with Gasteiger partial charge in [0.25, 0.3) is 0 Å². The van der Waals surface area contributed by atoms with Crippen LogP contribution in [0.15, 0.2) is 0 Å². The van der Waals surface area contributed by atoms with E-state index in [2.05, 4.69) is 25.7 Å². The molecule has 14 heavy (non-hydrogen) atoms. The Morgan fingerprint density at radius 2 is 1.71 bits per heavy atom. The Balaban J connectivity index is 2.59. The summed E-state index contributed by atoms with van der Waals surface area (Å²) >= 11 is 11.6. The molecule has 0 aromatic heterocycles. The summed E-state index contributed by atoms with van der Waals surface area (Å²) in [6, 6.07) is 0. The van der Waals surface area contributed by atoms with Crippen LogP contribution in [0.2, 0.25) is 0 Å². The topological polar surface area (TPSA) is 20.3 Å². The first-order valence-corrected chi connectivity index (χ1v) is 5.65. The molecule has 1 rings (SSSR count). The van der Waals surface area contributed by atoms with Crippen LogP contribution in [0.25, 0.3) is 0 Å². The highest BCUT2D eigenvalue weighted by atomic mass is 35.5. The first-order valence-electron chi connectivity index (χ1n) is 4.90. The lowest BCUT2D eigenvalue weighted by Crippen LogP contribution is -2.51. The van der Waals surface area contributed by atoms with E-state index in [1.165, 1.54) is 0 Å². The van der Waals surface area contributed by atoms with Crippen LogP contribution in [0, 0.1) is 0 Å². The van der Waals surface area contributed by atoms with E-state index in [0.717, 1.165) is 13.1 Å². The quantitative estimate of drug-likeness (QED) is 0.517. The van der Waals surface area contributed by atoms with Gasteiger partial charge in [-0.2, -0.15) is 0 Å². The molecule has 4 heteroatoms. The van der Waals surface area contributed by atoms with Gasteiger partial charge in [0.1, 0.15) is 4.87 Å². The zero-order chi connectivity index (χ0) is 11.0. The Hall–Kier alpha value is 0.210. The molecule has 0 spiro atoms. The Morgan fingerprint density at radius 3 is 2.00 bits per heavy atom. The van der Waals surface area contributed by atoms with Gasteiger partial charge in [0.15, 0.2) is 0 Å². The molecule has 0 aliphatic carbocycles. The van der Waals surface area contributed by atoms with Crippen molar-refractivity contribution in [1.82, 2.24) is 4.90 Å². The summed E-state index contributed by atoms with van der Waals surface area (Å²) < 4.78 is 0. The Bertz CT molecular complexity index is 227. The number of halogens is 2. The fourth-order valence-electron chi connectivity index (χ4n) is 1.73. The lowest BCUT2D eigenvalue weighted by Gasteiger charge is -2.42. The van der Waals surface area contributed by atoms with Crippen molar-refractivity contribution in [2.45, 2.75) is 44.0 Å². The van der Waals surface area contributed by atoms with Crippen LogP contribution in [0.4, 0.5) is 0 Å². The van der Waals surface area contributed by atoms with E-state index in [1.54, 1.807) is 0 Å². The first kappa shape index (κ1) is 12.3. The third kappa shape index (κ3) is 2.62. The first-order chi connectivity index (χ1) is 6.26. The predicted molar refractivity (Wildman–Crippen MR) is 60.0 cm³/mol. The number of hydrogen-bond acceptors (Lipinski definition) is 2. The van der Waals surface area contributed by atoms with Gasteiger partial charge in [-0.3, -0.25) is 9.69 Å². The number of nitrogens with zero attached hydrogens (tertiary/aromatic N) is 1. The maximum absolute atomic E-state index is 11.1. The van der Waals surface area contributed by atoms with Crippen LogP contribution in [0.3, 0.4) is 0 Å². The number of carbonyl (C=O) groups excluding carboxylic acids is 1. The molecule has 0 aromatic carbocycles. The van der Waals surface area contributed by atoms with Crippen molar-refractivity contribution in [1.29, 1.82) is 0 Å². The zero-order valence-electron chi connectivity index (χ0n) is 8.94. The van der Waals surface area contributed by atoms with Crippen molar-refractivity contribution in [3.05, 3.63) is 0 Å². The van der Waals surface area contributed by atoms with Crippen molar-refractivity contribution < 1.29 is 4.79 Å². The van der Waals surface area contributed by atoms with Crippen molar-refractivity contribution in [2.75, 3.05) is 13.1 Å². The molecule has 0 unspecified atom stereocenters. The van der Waals surface area contributed by atoms with Crippen LogP contribution in [0.1, 0.15) is 33.6 Å². The Kier molecular flexibility index (Phi) is 3.50. The molecule has 1 saturated heterocycles. The van der Waals surface area contributed by atoms with Crippen LogP contribution in [-0.2, 0) is 4.79 Å². The molecule has 0 N–H and O–H groups in total. The lowest BCUT2D eigenvalue weighted by molar-refractivity contribution is -0.115. The normalized spacial score (nSPS) is 23.5. The molecule has 0 radical (unpaired) electrons. The zero-order valence-corrected chi connectivity index (χ0v) is 10.5. The summed E-state index contributed by atoms with van der Waals surface area (Å²) in [5.41, 5.74) is 0.146. The molecule has 0 amide bonds. The van der Waals surface area contributed by atoms with Crippen LogP contribution >= 0.6 is 23.2 Å². The largest absolute Gasteiger partial charge is 0.298 e. The maximum atomic E-state index is 11.1. The van der Waals surface area contributed by atoms with Gasteiger partial charge in [0.05, 0.1) is 0 Å². The van der Waals surface area contributed by atoms with Gasteiger partial charge in [-0.25, -0.2) is 0 Å². The number of piperidine rings is 1. The van der Waals surface area contributed by atoms with Gasteiger partial charge < -0.3 is 0 Å². The molecule has 0 bridgehead atoms. The van der Waals surface area contributed by atoms with Crippen molar-refractivity contribution >= 4 is 28.4 Å². The van der Waals surface area contributed by atoms with Gasteiger partial charge in [-0.05, 0) is 45.2 Å². The third-order valence-corrected chi connectivity index (χ3v) is 3.87. The number of likely N-dealkylation sites (tertiary alicyclic amines) is 1. The number of alkyl halides is 1. The molecule has 0 atom stereocenters. The lowest BCUT2D eigenvalue weighted by atomic mass is 9.93. The second-order valence-electron chi connectivity index (χ2n) is 4.90. The summed E-state index contributed by atoms with van der Waals surface area (Å²) in [6.45, 7) is 8.17. The van der Waals surface area contributed by atoms with E-state index in [1.807, 2.05) is 0 Å². The SMILES string of the molecule is CC(C)(C)N1CCC(Cl)(C(=O)Cl)CC1. The molecular formula is C10H17Cl2NO. The summed E-state index contributed by atoms with van der Waals surface area (Å²) in [6.07, 6.45) is 1.29. The average Bonchev–Trinajstić information content (AvgIpc) is 2.03. The average molecular weight is 238 g/mol. The predicted octanol–water partition coefficient (Wildman–Crippen LogP) is 2.62. The summed E-state index contributed by atoms with van der Waals surface area (Å²) in [5, 5.41) is -0.410. The van der Waals surface area contributed by atoms with Crippen molar-refractivity contribution in [2.24, 2.45) is 0 Å². The maximum Gasteiger partial charge on any atom is 0.242 e. The Morgan fingerprint density at radius 1 is 1.29 bits per heavy atom. The van der Waals surface area contributed by atoms with E-state index in [-0.39, 0.29) is 5.54 Å². The van der Waals surface area contributed by atoms with Crippen LogP contribution in [-0.4, -0.2) is 33.6 Å². The monoisotopic (exact) mass is 237 g/mol. The fourth-order valence-corrected chi connectivity index (χ4v) is 2.09. The molecule has 82 valence electrons. The third-order valence-electron chi connectivity index (χ3n) is 2.86. The molecule has 1 aliphatic heterocycles. The van der Waals surface area contributed by atoms with Crippen molar-refractivity contribution in [3.63, 3.8) is 0 Å². The van der Waals surface area contributed by atoms with E-state index in [0.29, 0.717) is 12.8 Å². The molecule has 0 saturated carbocycles. The summed E-state index contributed by atoms with van der Waals surface area (Å²) in [4.78, 5) is 12.6. The molecule has 0 aromatic rings. The highest BCUT2D eigenvalue weighted by Gasteiger charge is 2.40. The van der Waals surface area contributed by atoms with Gasteiger partial charge in [0.2, 0.25) is 5.24 Å². The van der Waals surface area contributed by atoms with Gasteiger partial charge in [0, 0.05) is 18.6 Å². The smallest absolute Gasteiger partial charge is 0.242 e. The van der Waals surface area contributed by atoms with Crippen molar-refractivity contribution in [3.8, 4) is 0 Å². The Labute approximate surface area is 95.5 Å². The molecule has 1 fully saturated rings. The molecule has 1 aliphatic rings. The molecular weight excluding hydrogens is 221 g/mol. The number of hydrogen-bond donors (Lipinski definition) is 0. The fraction of sp³-hybridized carbons (Fsp3) is 0.900. The standard InChI is InChI=1S/C10H17Cl2NO/c1-9(2,3)13-6-4-10(12,5-7-13)8(11)14/h4-7H2,1-3H3. The van der Waals surface area contributed by atoms with Gasteiger partial charge >= 0.3 is 0 Å². The number of rotatable bonds is 1. The number of carbonyl (C=O) groups is 1. The van der Waals surface area contributed by atoms with Gasteiger partial charge in [-0.15, -0.1) is 11.6 Å². The van der Waals surface area contributed by atoms with Crippen LogP contribution < -0.4 is 0 Å². The van der Waals surface area contributed by atoms with Gasteiger partial charge in [-0.1, -0.05) is 0 Å². The van der Waals surface area contributed by atoms with Crippen LogP contribution in [0.5, 0.6) is 0 Å². The van der Waals surface area contributed by atoms with E-state index in [9.17, 15) is 4.79 Å². The minimum Gasteiger partial charge on any atom is -0.298 e.